The van der Waals surface area contributed by atoms with E-state index in [1.165, 1.54) is 17.5 Å². The Balaban J connectivity index is 2.32. The largest absolute Gasteiger partial charge is 0.310 e. The minimum Gasteiger partial charge on any atom is -0.310 e. The number of fused-ring (bicyclic) bond motifs is 1. The molecule has 0 fully saturated rings. The summed E-state index contributed by atoms with van der Waals surface area (Å²) in [6.45, 7) is 3.21. The zero-order chi connectivity index (χ0) is 11.4. The summed E-state index contributed by atoms with van der Waals surface area (Å²) in [7, 11) is 0. The van der Waals surface area contributed by atoms with E-state index in [1.807, 2.05) is 12.1 Å². The van der Waals surface area contributed by atoms with Crippen LogP contribution >= 0.6 is 0 Å². The highest BCUT2D eigenvalue weighted by atomic mass is 14.9. The van der Waals surface area contributed by atoms with E-state index in [4.69, 9.17) is 5.26 Å². The Bertz CT molecular complexity index is 404. The van der Waals surface area contributed by atoms with Crippen molar-refractivity contribution in [2.24, 2.45) is 0 Å². The van der Waals surface area contributed by atoms with Gasteiger partial charge in [0.1, 0.15) is 0 Å². The molecule has 1 aromatic rings. The topological polar surface area (TPSA) is 35.8 Å². The standard InChI is InChI=1S/C14H18N2/c1-2-9-16-13-8-4-6-11-5-3-7-12(10-15)14(11)13/h3,5,7,13,16H,2,4,6,8-9H2,1H3. The Morgan fingerprint density at radius 2 is 2.38 bits per heavy atom. The molecule has 2 rings (SSSR count). The first-order valence-corrected chi connectivity index (χ1v) is 6.12. The lowest BCUT2D eigenvalue weighted by Gasteiger charge is -2.27. The van der Waals surface area contributed by atoms with E-state index >= 15 is 0 Å². The van der Waals surface area contributed by atoms with Crippen LogP contribution in [0.3, 0.4) is 0 Å². The van der Waals surface area contributed by atoms with Gasteiger partial charge in [-0.05, 0) is 49.4 Å². The van der Waals surface area contributed by atoms with Crippen molar-refractivity contribution in [2.75, 3.05) is 6.54 Å². The monoisotopic (exact) mass is 214 g/mol. The molecule has 0 aromatic heterocycles. The molecule has 2 heteroatoms. The Morgan fingerprint density at radius 3 is 3.12 bits per heavy atom. The maximum absolute atomic E-state index is 9.16. The fourth-order valence-corrected chi connectivity index (χ4v) is 2.50. The third-order valence-electron chi connectivity index (χ3n) is 3.24. The lowest BCUT2D eigenvalue weighted by molar-refractivity contribution is 0.459. The van der Waals surface area contributed by atoms with Crippen molar-refractivity contribution in [1.29, 1.82) is 5.26 Å². The molecule has 1 aliphatic rings. The first-order chi connectivity index (χ1) is 7.86. The summed E-state index contributed by atoms with van der Waals surface area (Å²) in [4.78, 5) is 0. The van der Waals surface area contributed by atoms with Gasteiger partial charge in [-0.25, -0.2) is 0 Å². The van der Waals surface area contributed by atoms with E-state index in [1.54, 1.807) is 0 Å². The van der Waals surface area contributed by atoms with E-state index < -0.39 is 0 Å². The normalized spacial score (nSPS) is 18.9. The first-order valence-electron chi connectivity index (χ1n) is 6.12. The van der Waals surface area contributed by atoms with Gasteiger partial charge in [0.15, 0.2) is 0 Å². The molecule has 0 aliphatic heterocycles. The van der Waals surface area contributed by atoms with Gasteiger partial charge in [-0.15, -0.1) is 0 Å². The number of nitriles is 1. The molecule has 16 heavy (non-hydrogen) atoms. The Morgan fingerprint density at radius 1 is 1.50 bits per heavy atom. The van der Waals surface area contributed by atoms with Crippen LogP contribution in [0.25, 0.3) is 0 Å². The molecule has 1 unspecified atom stereocenters. The lowest BCUT2D eigenvalue weighted by Crippen LogP contribution is -2.26. The third kappa shape index (κ3) is 2.10. The molecule has 1 aromatic carbocycles. The number of hydrogen-bond acceptors (Lipinski definition) is 2. The Hall–Kier alpha value is -1.33. The molecule has 84 valence electrons. The van der Waals surface area contributed by atoms with Gasteiger partial charge in [-0.1, -0.05) is 19.1 Å². The second-order valence-electron chi connectivity index (χ2n) is 4.39. The van der Waals surface area contributed by atoms with Gasteiger partial charge < -0.3 is 5.32 Å². The highest BCUT2D eigenvalue weighted by Gasteiger charge is 2.22. The summed E-state index contributed by atoms with van der Waals surface area (Å²) in [5.74, 6) is 0. The molecule has 0 heterocycles. The fourth-order valence-electron chi connectivity index (χ4n) is 2.50. The van der Waals surface area contributed by atoms with Gasteiger partial charge >= 0.3 is 0 Å². The molecule has 0 amide bonds. The van der Waals surface area contributed by atoms with Crippen molar-refractivity contribution >= 4 is 0 Å². The molecule has 1 N–H and O–H groups in total. The summed E-state index contributed by atoms with van der Waals surface area (Å²) in [6.07, 6.45) is 4.64. The number of aryl methyl sites for hydroxylation is 1. The first kappa shape index (κ1) is 11.2. The van der Waals surface area contributed by atoms with Crippen LogP contribution in [0.1, 0.15) is 48.9 Å². The molecule has 0 spiro atoms. The zero-order valence-corrected chi connectivity index (χ0v) is 9.79. The van der Waals surface area contributed by atoms with Crippen LogP contribution in [0.4, 0.5) is 0 Å². The SMILES string of the molecule is CCCNC1CCCc2cccc(C#N)c21. The average molecular weight is 214 g/mol. The molecule has 0 saturated carbocycles. The Kier molecular flexibility index (Phi) is 3.58. The summed E-state index contributed by atoms with van der Waals surface area (Å²) in [6, 6.07) is 8.81. The molecule has 1 aliphatic carbocycles. The number of nitrogens with one attached hydrogen (secondary N) is 1. The molecule has 0 bridgehead atoms. The fraction of sp³-hybridized carbons (Fsp3) is 0.500. The van der Waals surface area contributed by atoms with E-state index in [0.29, 0.717) is 6.04 Å². The molecular formula is C14H18N2. The molecule has 2 nitrogen and oxygen atoms in total. The van der Waals surface area contributed by atoms with Crippen molar-refractivity contribution in [2.45, 2.75) is 38.6 Å². The van der Waals surface area contributed by atoms with Gasteiger partial charge in [-0.2, -0.15) is 5.26 Å². The van der Waals surface area contributed by atoms with Gasteiger partial charge in [0.05, 0.1) is 11.6 Å². The maximum atomic E-state index is 9.16. The van der Waals surface area contributed by atoms with E-state index in [9.17, 15) is 0 Å². The van der Waals surface area contributed by atoms with Crippen LogP contribution in [0.15, 0.2) is 18.2 Å². The number of benzene rings is 1. The van der Waals surface area contributed by atoms with Crippen LogP contribution < -0.4 is 5.32 Å². The van der Waals surface area contributed by atoms with Crippen molar-refractivity contribution < 1.29 is 0 Å². The number of rotatable bonds is 3. The number of hydrogen-bond donors (Lipinski definition) is 1. The van der Waals surface area contributed by atoms with Crippen LogP contribution in [0.5, 0.6) is 0 Å². The van der Waals surface area contributed by atoms with Gasteiger partial charge in [0.25, 0.3) is 0 Å². The summed E-state index contributed by atoms with van der Waals surface area (Å²) in [5, 5.41) is 12.7. The van der Waals surface area contributed by atoms with Gasteiger partial charge in [0.2, 0.25) is 0 Å². The van der Waals surface area contributed by atoms with Gasteiger partial charge in [-0.3, -0.25) is 0 Å². The number of nitrogens with zero attached hydrogens (tertiary/aromatic N) is 1. The van der Waals surface area contributed by atoms with E-state index in [2.05, 4.69) is 24.4 Å². The smallest absolute Gasteiger partial charge is 0.0995 e. The highest BCUT2D eigenvalue weighted by Crippen LogP contribution is 2.32. The molecule has 0 saturated heterocycles. The van der Waals surface area contributed by atoms with Crippen molar-refractivity contribution in [3.8, 4) is 6.07 Å². The maximum Gasteiger partial charge on any atom is 0.0995 e. The quantitative estimate of drug-likeness (QED) is 0.839. The summed E-state index contributed by atoms with van der Waals surface area (Å²) < 4.78 is 0. The predicted molar refractivity (Wildman–Crippen MR) is 65.1 cm³/mol. The minimum atomic E-state index is 0.388. The van der Waals surface area contributed by atoms with Crippen LogP contribution in [-0.2, 0) is 6.42 Å². The minimum absolute atomic E-state index is 0.388. The van der Waals surface area contributed by atoms with Crippen molar-refractivity contribution in [3.63, 3.8) is 0 Å². The molecule has 1 atom stereocenters. The third-order valence-corrected chi connectivity index (χ3v) is 3.24. The predicted octanol–water partition coefficient (Wildman–Crippen LogP) is 2.94. The van der Waals surface area contributed by atoms with Crippen LogP contribution in [-0.4, -0.2) is 6.54 Å². The summed E-state index contributed by atoms with van der Waals surface area (Å²) in [5.41, 5.74) is 3.47. The van der Waals surface area contributed by atoms with E-state index in [-0.39, 0.29) is 0 Å². The Labute approximate surface area is 97.3 Å². The van der Waals surface area contributed by atoms with Crippen LogP contribution in [0, 0.1) is 11.3 Å². The van der Waals surface area contributed by atoms with Crippen molar-refractivity contribution in [3.05, 3.63) is 34.9 Å². The molecular weight excluding hydrogens is 196 g/mol. The lowest BCUT2D eigenvalue weighted by atomic mass is 9.85. The molecule has 0 radical (unpaired) electrons. The second-order valence-corrected chi connectivity index (χ2v) is 4.39. The summed E-state index contributed by atoms with van der Waals surface area (Å²) >= 11 is 0. The van der Waals surface area contributed by atoms with E-state index in [0.717, 1.165) is 31.4 Å². The van der Waals surface area contributed by atoms with Crippen molar-refractivity contribution in [1.82, 2.24) is 5.32 Å². The zero-order valence-electron chi connectivity index (χ0n) is 9.79. The highest BCUT2D eigenvalue weighted by molar-refractivity contribution is 5.46. The average Bonchev–Trinajstić information content (AvgIpc) is 2.35. The van der Waals surface area contributed by atoms with Crippen LogP contribution in [0.2, 0.25) is 0 Å². The second kappa shape index (κ2) is 5.14. The van der Waals surface area contributed by atoms with Gasteiger partial charge in [0, 0.05) is 6.04 Å².